The van der Waals surface area contributed by atoms with Crippen LogP contribution in [0.4, 0.5) is 4.39 Å². The number of halogens is 1. The number of aliphatic carboxylic acids is 1. The number of carbonyl (C=O) groups is 1. The van der Waals surface area contributed by atoms with Gasteiger partial charge < -0.3 is 9.84 Å². The topological polar surface area (TPSA) is 111 Å². The molecule has 2 aromatic carbocycles. The molecule has 0 saturated heterocycles. The number of ether oxygens (including phenoxy) is 1. The fraction of sp³-hybridized carbons (Fsp3) is 0.174. The first-order valence-corrected chi connectivity index (χ1v) is 11.7. The quantitative estimate of drug-likeness (QED) is 0.459. The number of hydrogen-bond donors (Lipinski definition) is 1. The van der Waals surface area contributed by atoms with Crippen molar-refractivity contribution in [2.24, 2.45) is 0 Å². The molecule has 0 aliphatic carbocycles. The Hall–Kier alpha value is -3.79. The number of carboxylic acid groups (broad SMARTS) is 1. The summed E-state index contributed by atoms with van der Waals surface area (Å²) in [6, 6.07) is 11.0. The lowest BCUT2D eigenvalue weighted by Crippen LogP contribution is -2.01. The van der Waals surface area contributed by atoms with E-state index in [1.54, 1.807) is 41.8 Å². The summed E-state index contributed by atoms with van der Waals surface area (Å²) in [5, 5.41) is 9.35. The molecule has 0 unspecified atom stereocenters. The number of sulfone groups is 1. The van der Waals surface area contributed by atoms with Gasteiger partial charge in [0.15, 0.2) is 27.2 Å². The molecule has 0 radical (unpaired) electrons. The van der Waals surface area contributed by atoms with Gasteiger partial charge in [0.1, 0.15) is 5.65 Å². The van der Waals surface area contributed by atoms with E-state index in [0.717, 1.165) is 6.26 Å². The van der Waals surface area contributed by atoms with E-state index in [1.165, 1.54) is 25.4 Å². The molecule has 0 spiro atoms. The van der Waals surface area contributed by atoms with Crippen molar-refractivity contribution < 1.29 is 27.4 Å². The van der Waals surface area contributed by atoms with Crippen LogP contribution >= 0.6 is 0 Å². The molecule has 2 aromatic heterocycles. The van der Waals surface area contributed by atoms with Crippen molar-refractivity contribution in [1.82, 2.24) is 14.5 Å². The van der Waals surface area contributed by atoms with E-state index in [4.69, 9.17) is 9.84 Å². The molecule has 0 amide bonds. The first-order chi connectivity index (χ1) is 15.6. The molecular formula is C23H20FN3O5S. The van der Waals surface area contributed by atoms with Crippen molar-refractivity contribution in [3.05, 3.63) is 65.7 Å². The maximum absolute atomic E-state index is 14.3. The molecule has 0 atom stereocenters. The molecule has 0 aliphatic rings. The predicted molar refractivity (Wildman–Crippen MR) is 120 cm³/mol. The van der Waals surface area contributed by atoms with Gasteiger partial charge in [-0.25, -0.2) is 22.8 Å². The van der Waals surface area contributed by atoms with Crippen LogP contribution < -0.4 is 4.74 Å². The maximum Gasteiger partial charge on any atom is 0.307 e. The number of carboxylic acids is 1. The highest BCUT2D eigenvalue weighted by Crippen LogP contribution is 2.32. The van der Waals surface area contributed by atoms with Gasteiger partial charge in [0.2, 0.25) is 0 Å². The molecule has 10 heteroatoms. The van der Waals surface area contributed by atoms with E-state index in [9.17, 15) is 17.6 Å². The summed E-state index contributed by atoms with van der Waals surface area (Å²) in [5.41, 5.74) is 2.36. The van der Waals surface area contributed by atoms with Crippen LogP contribution in [0.3, 0.4) is 0 Å². The van der Waals surface area contributed by atoms with Crippen molar-refractivity contribution in [1.29, 1.82) is 0 Å². The highest BCUT2D eigenvalue weighted by molar-refractivity contribution is 7.91. The van der Waals surface area contributed by atoms with Gasteiger partial charge in [-0.2, -0.15) is 0 Å². The molecule has 0 saturated carbocycles. The number of aryl methyl sites for hydroxylation is 1. The molecule has 170 valence electrons. The van der Waals surface area contributed by atoms with Crippen molar-refractivity contribution in [2.75, 3.05) is 13.4 Å². The summed E-state index contributed by atoms with van der Waals surface area (Å²) in [6.45, 7) is 1.67. The molecule has 0 fully saturated rings. The zero-order chi connectivity index (χ0) is 23.9. The maximum atomic E-state index is 14.3. The van der Waals surface area contributed by atoms with Gasteiger partial charge in [0.25, 0.3) is 0 Å². The minimum Gasteiger partial charge on any atom is -0.494 e. The largest absolute Gasteiger partial charge is 0.494 e. The second kappa shape index (κ2) is 8.28. The van der Waals surface area contributed by atoms with Gasteiger partial charge >= 0.3 is 5.97 Å². The van der Waals surface area contributed by atoms with Crippen LogP contribution in [0.1, 0.15) is 11.3 Å². The summed E-state index contributed by atoms with van der Waals surface area (Å²) >= 11 is 0. The highest BCUT2D eigenvalue weighted by Gasteiger charge is 2.23. The molecule has 8 nitrogen and oxygen atoms in total. The summed E-state index contributed by atoms with van der Waals surface area (Å²) in [4.78, 5) is 20.0. The molecule has 2 heterocycles. The fourth-order valence-corrected chi connectivity index (χ4v) is 4.53. The van der Waals surface area contributed by atoms with Gasteiger partial charge in [0.05, 0.1) is 29.5 Å². The van der Waals surface area contributed by atoms with Gasteiger partial charge in [0, 0.05) is 23.7 Å². The lowest BCUT2D eigenvalue weighted by Gasteiger charge is -2.09. The van der Waals surface area contributed by atoms with E-state index in [-0.39, 0.29) is 22.9 Å². The van der Waals surface area contributed by atoms with Gasteiger partial charge in [-0.05, 0) is 42.8 Å². The Bertz CT molecular complexity index is 1500. The van der Waals surface area contributed by atoms with Gasteiger partial charge in [-0.15, -0.1) is 0 Å². The SMILES string of the molecule is COc1ccc(-c2nc(C)c3c(S(C)(=O)=O)cn(-c4ccc(CC(=O)O)cc4)c3n2)cc1F. The average molecular weight is 469 g/mol. The first kappa shape index (κ1) is 22.4. The van der Waals surface area contributed by atoms with Crippen LogP contribution in [-0.2, 0) is 21.1 Å². The Balaban J connectivity index is 1.94. The lowest BCUT2D eigenvalue weighted by atomic mass is 10.1. The zero-order valence-electron chi connectivity index (χ0n) is 18.0. The molecular weight excluding hydrogens is 449 g/mol. The lowest BCUT2D eigenvalue weighted by molar-refractivity contribution is -0.136. The number of fused-ring (bicyclic) bond motifs is 1. The van der Waals surface area contributed by atoms with E-state index < -0.39 is 21.6 Å². The minimum absolute atomic E-state index is 0.0667. The van der Waals surface area contributed by atoms with Gasteiger partial charge in [-0.1, -0.05) is 12.1 Å². The second-order valence-electron chi connectivity index (χ2n) is 7.55. The van der Waals surface area contributed by atoms with Crippen LogP contribution in [-0.4, -0.2) is 47.4 Å². The third kappa shape index (κ3) is 4.29. The summed E-state index contributed by atoms with van der Waals surface area (Å²) in [7, 11) is -2.24. The molecule has 1 N–H and O–H groups in total. The van der Waals surface area contributed by atoms with E-state index in [2.05, 4.69) is 9.97 Å². The van der Waals surface area contributed by atoms with Crippen LogP contribution in [0, 0.1) is 12.7 Å². The van der Waals surface area contributed by atoms with Crippen molar-refractivity contribution in [3.8, 4) is 22.8 Å². The number of methoxy groups -OCH3 is 1. The third-order valence-electron chi connectivity index (χ3n) is 5.17. The summed E-state index contributed by atoms with van der Waals surface area (Å²) < 4.78 is 45.8. The standard InChI is InChI=1S/C23H20FN3O5S/c1-13-21-19(33(3,30)31)12-27(16-7-4-14(5-8-16)10-20(28)29)23(21)26-22(25-13)15-6-9-18(32-2)17(24)11-15/h4-9,11-12H,10H2,1-3H3,(H,28,29). The van der Waals surface area contributed by atoms with Crippen molar-refractivity contribution >= 4 is 26.8 Å². The Morgan fingerprint density at radius 2 is 1.85 bits per heavy atom. The molecule has 0 bridgehead atoms. The number of hydrogen-bond acceptors (Lipinski definition) is 6. The fourth-order valence-electron chi connectivity index (χ4n) is 3.63. The van der Waals surface area contributed by atoms with Gasteiger partial charge in [-0.3, -0.25) is 9.36 Å². The van der Waals surface area contributed by atoms with Crippen LogP contribution in [0.2, 0.25) is 0 Å². The molecule has 4 rings (SSSR count). The second-order valence-corrected chi connectivity index (χ2v) is 9.54. The van der Waals surface area contributed by atoms with E-state index in [0.29, 0.717) is 33.5 Å². The zero-order valence-corrected chi connectivity index (χ0v) is 18.9. The highest BCUT2D eigenvalue weighted by atomic mass is 32.2. The Morgan fingerprint density at radius 3 is 2.42 bits per heavy atom. The van der Waals surface area contributed by atoms with Crippen molar-refractivity contribution in [3.63, 3.8) is 0 Å². The monoisotopic (exact) mass is 469 g/mol. The van der Waals surface area contributed by atoms with E-state index >= 15 is 0 Å². The third-order valence-corrected chi connectivity index (χ3v) is 6.28. The molecule has 4 aromatic rings. The normalized spacial score (nSPS) is 11.6. The van der Waals surface area contributed by atoms with E-state index in [1.807, 2.05) is 0 Å². The Labute approximate surface area is 189 Å². The minimum atomic E-state index is -3.61. The van der Waals surface area contributed by atoms with Crippen LogP contribution in [0.5, 0.6) is 5.75 Å². The Kier molecular flexibility index (Phi) is 5.62. The smallest absolute Gasteiger partial charge is 0.307 e. The number of nitrogens with zero attached hydrogens (tertiary/aromatic N) is 3. The number of benzene rings is 2. The average Bonchev–Trinajstić information content (AvgIpc) is 3.14. The number of aromatic nitrogens is 3. The summed E-state index contributed by atoms with van der Waals surface area (Å²) in [6.07, 6.45) is 2.44. The Morgan fingerprint density at radius 1 is 1.15 bits per heavy atom. The summed E-state index contributed by atoms with van der Waals surface area (Å²) in [5.74, 6) is -1.21. The van der Waals surface area contributed by atoms with Crippen molar-refractivity contribution in [2.45, 2.75) is 18.2 Å². The van der Waals surface area contributed by atoms with Crippen LogP contribution in [0.15, 0.2) is 53.6 Å². The van der Waals surface area contributed by atoms with Crippen LogP contribution in [0.25, 0.3) is 28.1 Å². The molecule has 33 heavy (non-hydrogen) atoms. The number of rotatable bonds is 6. The molecule has 0 aliphatic heterocycles. The predicted octanol–water partition coefficient (Wildman–Crippen LogP) is 3.57. The first-order valence-electron chi connectivity index (χ1n) is 9.83.